The Bertz CT molecular complexity index is 802. The van der Waals surface area contributed by atoms with Gasteiger partial charge in [-0.25, -0.2) is 4.98 Å². The van der Waals surface area contributed by atoms with Crippen LogP contribution in [0, 0.1) is 6.92 Å². The second kappa shape index (κ2) is 9.80. The smallest absolute Gasteiger partial charge is 0.253 e. The van der Waals surface area contributed by atoms with E-state index in [-0.39, 0.29) is 16.5 Å². The minimum Gasteiger partial charge on any atom is -0.340 e. The van der Waals surface area contributed by atoms with Crippen molar-refractivity contribution >= 4 is 52.6 Å². The number of anilines is 1. The van der Waals surface area contributed by atoms with E-state index in [1.54, 1.807) is 30.1 Å². The number of carbonyl (C=O) groups excluding carboxylic acids is 2. The minimum atomic E-state index is -0.705. The summed E-state index contributed by atoms with van der Waals surface area (Å²) in [7, 11) is 0. The number of rotatable bonds is 7. The van der Waals surface area contributed by atoms with Crippen LogP contribution in [0.1, 0.15) is 22.3 Å². The molecule has 0 aliphatic rings. The van der Waals surface area contributed by atoms with E-state index in [0.29, 0.717) is 23.0 Å². The van der Waals surface area contributed by atoms with Crippen LogP contribution in [0.4, 0.5) is 5.82 Å². The molecule has 1 aromatic carbocycles. The highest BCUT2D eigenvalue weighted by Gasteiger charge is 2.22. The third-order valence-electron chi connectivity index (χ3n) is 3.57. The van der Waals surface area contributed by atoms with Crippen LogP contribution in [0.25, 0.3) is 0 Å². The van der Waals surface area contributed by atoms with Crippen LogP contribution < -0.4 is 10.6 Å². The Balaban J connectivity index is 2.12. The van der Waals surface area contributed by atoms with Crippen molar-refractivity contribution in [2.24, 2.45) is 0 Å². The van der Waals surface area contributed by atoms with Crippen LogP contribution >= 0.6 is 35.0 Å². The molecule has 1 atom stereocenters. The number of hydrogen-bond acceptors (Lipinski definition) is 4. The molecule has 0 aliphatic heterocycles. The standard InChI is InChI=1S/C18H19Cl2N3O2S/c1-11-5-7-21-16(9-11)23-18(25)15(6-8-26-2)22-17(24)13-4-3-12(19)10-14(13)20/h3-5,7,9-10,15H,6,8H2,1-2H3,(H,22,24)(H,21,23,25)/t15-/m0/s1. The maximum atomic E-state index is 12.6. The van der Waals surface area contributed by atoms with E-state index in [9.17, 15) is 9.59 Å². The highest BCUT2D eigenvalue weighted by atomic mass is 35.5. The summed E-state index contributed by atoms with van der Waals surface area (Å²) < 4.78 is 0. The third kappa shape index (κ3) is 5.90. The zero-order chi connectivity index (χ0) is 19.1. The van der Waals surface area contributed by atoms with E-state index < -0.39 is 11.9 Å². The van der Waals surface area contributed by atoms with Crippen LogP contribution in [0.2, 0.25) is 10.0 Å². The summed E-state index contributed by atoms with van der Waals surface area (Å²) >= 11 is 13.5. The van der Waals surface area contributed by atoms with E-state index in [4.69, 9.17) is 23.2 Å². The molecule has 2 amide bonds. The lowest BCUT2D eigenvalue weighted by molar-refractivity contribution is -0.118. The number of aromatic nitrogens is 1. The summed E-state index contributed by atoms with van der Waals surface area (Å²) in [6.07, 6.45) is 4.04. The van der Waals surface area contributed by atoms with Gasteiger partial charge >= 0.3 is 0 Å². The Hall–Kier alpha value is -1.76. The van der Waals surface area contributed by atoms with Crippen molar-refractivity contribution in [1.29, 1.82) is 0 Å². The average molecular weight is 412 g/mol. The van der Waals surface area contributed by atoms with Crippen LogP contribution in [-0.4, -0.2) is 34.8 Å². The Labute approximate surface area is 166 Å². The molecule has 8 heteroatoms. The van der Waals surface area contributed by atoms with Gasteiger partial charge in [-0.15, -0.1) is 0 Å². The fourth-order valence-corrected chi connectivity index (χ4v) is 3.20. The van der Waals surface area contributed by atoms with Gasteiger partial charge in [0, 0.05) is 11.2 Å². The molecule has 1 heterocycles. The van der Waals surface area contributed by atoms with Gasteiger partial charge in [0.15, 0.2) is 0 Å². The van der Waals surface area contributed by atoms with Gasteiger partial charge in [-0.2, -0.15) is 11.8 Å². The first-order valence-electron chi connectivity index (χ1n) is 7.89. The van der Waals surface area contributed by atoms with E-state index in [1.165, 1.54) is 12.1 Å². The predicted molar refractivity (Wildman–Crippen MR) is 108 cm³/mol. The summed E-state index contributed by atoms with van der Waals surface area (Å²) in [5.41, 5.74) is 1.25. The third-order valence-corrected chi connectivity index (χ3v) is 4.77. The molecule has 0 saturated carbocycles. The van der Waals surface area contributed by atoms with Crippen molar-refractivity contribution in [3.63, 3.8) is 0 Å². The first-order valence-corrected chi connectivity index (χ1v) is 10.0. The summed E-state index contributed by atoms with van der Waals surface area (Å²) in [6.45, 7) is 1.91. The Morgan fingerprint density at radius 2 is 2.00 bits per heavy atom. The Kier molecular flexibility index (Phi) is 7.75. The summed E-state index contributed by atoms with van der Waals surface area (Å²) in [5.74, 6) is 0.414. The second-order valence-corrected chi connectivity index (χ2v) is 7.47. The van der Waals surface area contributed by atoms with Crippen LogP contribution in [0.15, 0.2) is 36.5 Å². The molecule has 0 bridgehead atoms. The molecule has 2 aromatic rings. The van der Waals surface area contributed by atoms with Gasteiger partial charge < -0.3 is 10.6 Å². The Morgan fingerprint density at radius 1 is 1.23 bits per heavy atom. The number of thioether (sulfide) groups is 1. The number of amides is 2. The fraction of sp³-hybridized carbons (Fsp3) is 0.278. The van der Waals surface area contributed by atoms with Gasteiger partial charge in [-0.3, -0.25) is 9.59 Å². The van der Waals surface area contributed by atoms with Gasteiger partial charge in [-0.1, -0.05) is 23.2 Å². The number of benzene rings is 1. The topological polar surface area (TPSA) is 71.1 Å². The first-order chi connectivity index (χ1) is 12.4. The number of carbonyl (C=O) groups is 2. The summed E-state index contributed by atoms with van der Waals surface area (Å²) in [6, 6.07) is 7.50. The lowest BCUT2D eigenvalue weighted by atomic mass is 10.1. The molecule has 5 nitrogen and oxygen atoms in total. The van der Waals surface area contributed by atoms with Gasteiger partial charge in [0.2, 0.25) is 5.91 Å². The van der Waals surface area contributed by atoms with Crippen LogP contribution in [0.5, 0.6) is 0 Å². The van der Waals surface area contributed by atoms with E-state index in [1.807, 2.05) is 19.2 Å². The van der Waals surface area contributed by atoms with Crippen molar-refractivity contribution in [3.8, 4) is 0 Å². The number of nitrogens with one attached hydrogen (secondary N) is 2. The molecule has 2 N–H and O–H groups in total. The molecule has 138 valence electrons. The first kappa shape index (κ1) is 20.6. The van der Waals surface area contributed by atoms with Crippen molar-refractivity contribution in [3.05, 3.63) is 57.7 Å². The number of hydrogen-bond donors (Lipinski definition) is 2. The number of aryl methyl sites for hydroxylation is 1. The maximum Gasteiger partial charge on any atom is 0.253 e. The van der Waals surface area contributed by atoms with E-state index in [2.05, 4.69) is 15.6 Å². The molecule has 0 spiro atoms. The lowest BCUT2D eigenvalue weighted by Gasteiger charge is -2.18. The lowest BCUT2D eigenvalue weighted by Crippen LogP contribution is -2.44. The molecular formula is C18H19Cl2N3O2S. The highest BCUT2D eigenvalue weighted by molar-refractivity contribution is 7.98. The van der Waals surface area contributed by atoms with Crippen molar-refractivity contribution in [1.82, 2.24) is 10.3 Å². The second-order valence-electron chi connectivity index (χ2n) is 5.64. The van der Waals surface area contributed by atoms with Gasteiger partial charge in [0.1, 0.15) is 11.9 Å². The Morgan fingerprint density at radius 3 is 2.65 bits per heavy atom. The monoisotopic (exact) mass is 411 g/mol. The van der Waals surface area contributed by atoms with Gasteiger partial charge in [0.05, 0.1) is 10.6 Å². The average Bonchev–Trinajstić information content (AvgIpc) is 2.58. The quantitative estimate of drug-likeness (QED) is 0.716. The molecular weight excluding hydrogens is 393 g/mol. The fourth-order valence-electron chi connectivity index (χ4n) is 2.23. The summed E-state index contributed by atoms with van der Waals surface area (Å²) in [4.78, 5) is 29.2. The van der Waals surface area contributed by atoms with E-state index >= 15 is 0 Å². The molecule has 26 heavy (non-hydrogen) atoms. The number of nitrogens with zero attached hydrogens (tertiary/aromatic N) is 1. The minimum absolute atomic E-state index is 0.236. The van der Waals surface area contributed by atoms with Crippen molar-refractivity contribution in [2.75, 3.05) is 17.3 Å². The molecule has 0 unspecified atom stereocenters. The molecule has 1 aromatic heterocycles. The highest BCUT2D eigenvalue weighted by Crippen LogP contribution is 2.21. The molecule has 0 saturated heterocycles. The normalized spacial score (nSPS) is 11.7. The SMILES string of the molecule is CSCC[C@H](NC(=O)c1ccc(Cl)cc1Cl)C(=O)Nc1cc(C)ccn1. The van der Waals surface area contributed by atoms with Gasteiger partial charge in [-0.05, 0) is 61.2 Å². The molecule has 0 aliphatic carbocycles. The number of pyridine rings is 1. The van der Waals surface area contributed by atoms with Crippen molar-refractivity contribution < 1.29 is 9.59 Å². The largest absolute Gasteiger partial charge is 0.340 e. The molecule has 0 fully saturated rings. The van der Waals surface area contributed by atoms with Crippen LogP contribution in [0.3, 0.4) is 0 Å². The molecule has 2 rings (SSSR count). The van der Waals surface area contributed by atoms with Gasteiger partial charge in [0.25, 0.3) is 5.91 Å². The summed E-state index contributed by atoms with van der Waals surface area (Å²) in [5, 5.41) is 6.16. The van der Waals surface area contributed by atoms with Crippen LogP contribution in [-0.2, 0) is 4.79 Å². The molecule has 0 radical (unpaired) electrons. The van der Waals surface area contributed by atoms with E-state index in [0.717, 1.165) is 5.56 Å². The zero-order valence-electron chi connectivity index (χ0n) is 14.4. The predicted octanol–water partition coefficient (Wildman–Crippen LogP) is 4.19. The number of halogens is 2. The van der Waals surface area contributed by atoms with Crippen molar-refractivity contribution in [2.45, 2.75) is 19.4 Å². The maximum absolute atomic E-state index is 12.6. The zero-order valence-corrected chi connectivity index (χ0v) is 16.7.